The first-order valence-corrected chi connectivity index (χ1v) is 10.8. The lowest BCUT2D eigenvalue weighted by molar-refractivity contribution is -0.143. The molecule has 1 saturated carbocycles. The molecule has 0 radical (unpaired) electrons. The molecule has 2 bridgehead atoms. The minimum atomic E-state index is -1.37. The number of benzene rings is 1. The van der Waals surface area contributed by atoms with E-state index in [4.69, 9.17) is 0 Å². The number of piperidine rings is 1. The number of hydrogen-bond acceptors (Lipinski definition) is 4. The van der Waals surface area contributed by atoms with Gasteiger partial charge in [-0.2, -0.15) is 0 Å². The highest BCUT2D eigenvalue weighted by molar-refractivity contribution is 6.10. The number of amides is 3. The summed E-state index contributed by atoms with van der Waals surface area (Å²) in [6.45, 7) is 0.801. The molecule has 0 N–H and O–H groups in total. The number of carbonyl (C=O) groups excluding carboxylic acids is 3. The topological polar surface area (TPSA) is 70.6 Å². The lowest BCUT2D eigenvalue weighted by Crippen LogP contribution is -2.45. The van der Waals surface area contributed by atoms with Crippen molar-refractivity contribution in [1.82, 2.24) is 14.8 Å². The number of rotatable bonds is 5. The van der Waals surface area contributed by atoms with Gasteiger partial charge in [-0.15, -0.1) is 0 Å². The van der Waals surface area contributed by atoms with Gasteiger partial charge in [-0.25, -0.2) is 4.39 Å². The molecule has 3 atom stereocenters. The molecule has 2 saturated heterocycles. The van der Waals surface area contributed by atoms with E-state index in [1.807, 2.05) is 4.90 Å². The standard InChI is InChI=1S/C24H24FN3O3/c25-19-5-1-4-18(10-19)24(11-21(29)27-14-16-6-7-20(27)9-16)12-22(30)28(23(24)31)15-17-3-2-8-26-13-17/h1-5,8,10,13,16,20H,6-7,9,11-12,14-15H2/t16-,20+,24+/m0/s1. The zero-order valence-corrected chi connectivity index (χ0v) is 17.2. The Hall–Kier alpha value is -3.09. The van der Waals surface area contributed by atoms with E-state index in [0.717, 1.165) is 24.8 Å². The molecule has 6 nitrogen and oxygen atoms in total. The smallest absolute Gasteiger partial charge is 0.241 e. The fraction of sp³-hybridized carbons (Fsp3) is 0.417. The van der Waals surface area contributed by atoms with Crippen molar-refractivity contribution in [1.29, 1.82) is 0 Å². The van der Waals surface area contributed by atoms with Crippen molar-refractivity contribution in [3.63, 3.8) is 0 Å². The molecule has 0 spiro atoms. The number of fused-ring (bicyclic) bond motifs is 2. The van der Waals surface area contributed by atoms with Crippen molar-refractivity contribution in [2.75, 3.05) is 6.54 Å². The Morgan fingerprint density at radius 1 is 1.19 bits per heavy atom. The van der Waals surface area contributed by atoms with Crippen LogP contribution in [-0.2, 0) is 26.3 Å². The summed E-state index contributed by atoms with van der Waals surface area (Å²) in [6, 6.07) is 9.51. The summed E-state index contributed by atoms with van der Waals surface area (Å²) >= 11 is 0. The third kappa shape index (κ3) is 3.42. The molecular formula is C24H24FN3O3. The van der Waals surface area contributed by atoms with Crippen LogP contribution >= 0.6 is 0 Å². The Kier molecular flexibility index (Phi) is 4.84. The SMILES string of the molecule is O=C1C[C@](CC(=O)N2C[C@H]3CC[C@@H]2C3)(c2cccc(F)c2)C(=O)N1Cc1cccnc1. The van der Waals surface area contributed by atoms with E-state index in [-0.39, 0.29) is 37.2 Å². The molecule has 1 aromatic carbocycles. The van der Waals surface area contributed by atoms with Crippen LogP contribution in [0.4, 0.5) is 4.39 Å². The van der Waals surface area contributed by atoms with Crippen molar-refractivity contribution in [2.45, 2.75) is 50.1 Å². The molecule has 3 aliphatic rings. The third-order valence-corrected chi connectivity index (χ3v) is 7.03. The molecule has 3 fully saturated rings. The molecule has 2 aliphatic heterocycles. The average molecular weight is 421 g/mol. The number of likely N-dealkylation sites (tertiary alicyclic amines) is 2. The second-order valence-electron chi connectivity index (χ2n) is 8.97. The van der Waals surface area contributed by atoms with Crippen LogP contribution < -0.4 is 0 Å². The quantitative estimate of drug-likeness (QED) is 0.696. The Morgan fingerprint density at radius 3 is 2.74 bits per heavy atom. The first-order valence-electron chi connectivity index (χ1n) is 10.8. The van der Waals surface area contributed by atoms with Crippen LogP contribution in [0.25, 0.3) is 0 Å². The van der Waals surface area contributed by atoms with E-state index < -0.39 is 17.1 Å². The highest BCUT2D eigenvalue weighted by Gasteiger charge is 2.55. The average Bonchev–Trinajstić information content (AvgIpc) is 3.46. The minimum Gasteiger partial charge on any atom is -0.339 e. The Labute approximate surface area is 180 Å². The normalized spacial score (nSPS) is 27.4. The summed E-state index contributed by atoms with van der Waals surface area (Å²) in [6.07, 6.45) is 6.12. The van der Waals surface area contributed by atoms with E-state index in [1.165, 1.54) is 23.1 Å². The van der Waals surface area contributed by atoms with Crippen LogP contribution in [0.15, 0.2) is 48.8 Å². The zero-order valence-electron chi connectivity index (χ0n) is 17.2. The number of carbonyl (C=O) groups is 3. The summed E-state index contributed by atoms with van der Waals surface area (Å²) in [5.74, 6) is -0.878. The molecule has 160 valence electrons. The second kappa shape index (κ2) is 7.55. The van der Waals surface area contributed by atoms with Gasteiger partial charge >= 0.3 is 0 Å². The molecule has 2 aromatic rings. The van der Waals surface area contributed by atoms with Crippen molar-refractivity contribution in [2.24, 2.45) is 5.92 Å². The molecule has 7 heteroatoms. The summed E-state index contributed by atoms with van der Waals surface area (Å²) < 4.78 is 14.1. The lowest BCUT2D eigenvalue weighted by Gasteiger charge is -2.32. The Morgan fingerprint density at radius 2 is 2.06 bits per heavy atom. The van der Waals surface area contributed by atoms with Gasteiger partial charge < -0.3 is 4.90 Å². The van der Waals surface area contributed by atoms with Crippen LogP contribution in [0.2, 0.25) is 0 Å². The van der Waals surface area contributed by atoms with Gasteiger partial charge in [0.25, 0.3) is 0 Å². The minimum absolute atomic E-state index is 0.0885. The van der Waals surface area contributed by atoms with E-state index >= 15 is 0 Å². The van der Waals surface area contributed by atoms with Crippen molar-refractivity contribution < 1.29 is 18.8 Å². The summed E-state index contributed by atoms with van der Waals surface area (Å²) in [5, 5.41) is 0. The van der Waals surface area contributed by atoms with E-state index in [0.29, 0.717) is 18.0 Å². The van der Waals surface area contributed by atoms with Crippen molar-refractivity contribution >= 4 is 17.7 Å². The fourth-order valence-corrected chi connectivity index (χ4v) is 5.48. The van der Waals surface area contributed by atoms with Crippen molar-refractivity contribution in [3.05, 3.63) is 65.7 Å². The lowest BCUT2D eigenvalue weighted by atomic mass is 9.75. The largest absolute Gasteiger partial charge is 0.339 e. The van der Waals surface area contributed by atoms with E-state index in [9.17, 15) is 18.8 Å². The van der Waals surface area contributed by atoms with Crippen LogP contribution in [0.1, 0.15) is 43.2 Å². The van der Waals surface area contributed by atoms with Gasteiger partial charge in [-0.05, 0) is 54.5 Å². The summed E-state index contributed by atoms with van der Waals surface area (Å²) in [7, 11) is 0. The van der Waals surface area contributed by atoms with Gasteiger partial charge in [-0.3, -0.25) is 24.3 Å². The van der Waals surface area contributed by atoms with Gasteiger partial charge in [0.1, 0.15) is 5.82 Å². The maximum Gasteiger partial charge on any atom is 0.241 e. The molecule has 3 amide bonds. The highest BCUT2D eigenvalue weighted by atomic mass is 19.1. The predicted octanol–water partition coefficient (Wildman–Crippen LogP) is 2.82. The van der Waals surface area contributed by atoms with Crippen molar-refractivity contribution in [3.8, 4) is 0 Å². The number of aromatic nitrogens is 1. The Balaban J connectivity index is 1.48. The molecule has 1 aromatic heterocycles. The number of imide groups is 1. The van der Waals surface area contributed by atoms with Gasteiger partial charge in [0, 0.05) is 37.8 Å². The fourth-order valence-electron chi connectivity index (χ4n) is 5.48. The van der Waals surface area contributed by atoms with E-state index in [2.05, 4.69) is 4.98 Å². The second-order valence-corrected chi connectivity index (χ2v) is 8.97. The molecule has 31 heavy (non-hydrogen) atoms. The molecular weight excluding hydrogens is 397 g/mol. The summed E-state index contributed by atoms with van der Waals surface area (Å²) in [4.78, 5) is 47.0. The van der Waals surface area contributed by atoms with Crippen LogP contribution in [-0.4, -0.2) is 45.1 Å². The van der Waals surface area contributed by atoms with Gasteiger partial charge in [0.2, 0.25) is 17.7 Å². The van der Waals surface area contributed by atoms with Crippen LogP contribution in [0.5, 0.6) is 0 Å². The first-order chi connectivity index (χ1) is 15.0. The zero-order chi connectivity index (χ0) is 21.6. The van der Waals surface area contributed by atoms with Crippen LogP contribution in [0.3, 0.4) is 0 Å². The molecule has 0 unspecified atom stereocenters. The first kappa shape index (κ1) is 19.8. The molecule has 3 heterocycles. The number of pyridine rings is 1. The van der Waals surface area contributed by atoms with Gasteiger partial charge in [0.05, 0.1) is 12.0 Å². The van der Waals surface area contributed by atoms with Gasteiger partial charge in [-0.1, -0.05) is 18.2 Å². The van der Waals surface area contributed by atoms with Crippen LogP contribution in [0, 0.1) is 11.7 Å². The summed E-state index contributed by atoms with van der Waals surface area (Å²) in [5.41, 5.74) is -0.264. The number of nitrogens with zero attached hydrogens (tertiary/aromatic N) is 3. The van der Waals surface area contributed by atoms with E-state index in [1.54, 1.807) is 30.6 Å². The van der Waals surface area contributed by atoms with Gasteiger partial charge in [0.15, 0.2) is 0 Å². The maximum atomic E-state index is 14.1. The monoisotopic (exact) mass is 421 g/mol. The highest BCUT2D eigenvalue weighted by Crippen LogP contribution is 2.43. The Bertz CT molecular complexity index is 1040. The number of halogens is 1. The predicted molar refractivity (Wildman–Crippen MR) is 110 cm³/mol. The molecule has 1 aliphatic carbocycles. The number of hydrogen-bond donors (Lipinski definition) is 0. The molecule has 5 rings (SSSR count). The maximum absolute atomic E-state index is 14.1. The third-order valence-electron chi connectivity index (χ3n) is 7.03.